The molecule has 0 aliphatic carbocycles. The van der Waals surface area contributed by atoms with E-state index in [-0.39, 0.29) is 31.5 Å². The average Bonchev–Trinajstić information content (AvgIpc) is 3.35. The molecule has 3 unspecified atom stereocenters. The van der Waals surface area contributed by atoms with E-state index in [0.717, 1.165) is 5.52 Å². The second-order valence-electron chi connectivity index (χ2n) is 10.8. The van der Waals surface area contributed by atoms with E-state index >= 15 is 0 Å². The zero-order valence-corrected chi connectivity index (χ0v) is 24.1. The summed E-state index contributed by atoms with van der Waals surface area (Å²) in [6.45, 7) is 6.11. The summed E-state index contributed by atoms with van der Waals surface area (Å²) >= 11 is 0. The Morgan fingerprint density at radius 1 is 0.929 bits per heavy atom. The van der Waals surface area contributed by atoms with Gasteiger partial charge in [-0.25, -0.2) is 9.59 Å². The molecule has 2 heterocycles. The van der Waals surface area contributed by atoms with Crippen LogP contribution < -0.4 is 5.69 Å². The van der Waals surface area contributed by atoms with E-state index in [1.54, 1.807) is 16.4 Å². The number of benzene rings is 3. The molecule has 42 heavy (non-hydrogen) atoms. The van der Waals surface area contributed by atoms with Crippen molar-refractivity contribution in [3.63, 3.8) is 0 Å². The van der Waals surface area contributed by atoms with Gasteiger partial charge in [-0.3, -0.25) is 14.3 Å². The molecule has 5 rings (SSSR count). The van der Waals surface area contributed by atoms with Crippen LogP contribution in [0.15, 0.2) is 89.7 Å². The molecule has 1 N–H and O–H groups in total. The summed E-state index contributed by atoms with van der Waals surface area (Å²) in [5.74, 6) is -1.13. The van der Waals surface area contributed by atoms with Gasteiger partial charge in [0, 0.05) is 32.2 Å². The number of fused-ring (bicyclic) bond motifs is 1. The lowest BCUT2D eigenvalue weighted by Crippen LogP contribution is -2.49. The maximum atomic E-state index is 13.3. The Bertz CT molecular complexity index is 1490. The first kappa shape index (κ1) is 29.1. The number of nitrogens with zero attached hydrogens (tertiary/aromatic N) is 3. The fraction of sp³-hybridized carbons (Fsp3) is 0.364. The van der Waals surface area contributed by atoms with Gasteiger partial charge in [0.15, 0.2) is 0 Å². The van der Waals surface area contributed by atoms with E-state index in [9.17, 15) is 14.4 Å². The zero-order valence-electron chi connectivity index (χ0n) is 24.1. The first-order chi connectivity index (χ1) is 20.4. The number of likely N-dealkylation sites (tertiary alicyclic amines) is 1. The van der Waals surface area contributed by atoms with E-state index in [4.69, 9.17) is 9.47 Å². The van der Waals surface area contributed by atoms with Gasteiger partial charge in [-0.15, -0.1) is 0 Å². The van der Waals surface area contributed by atoms with Crippen LogP contribution in [0.1, 0.15) is 37.4 Å². The third-order valence-corrected chi connectivity index (χ3v) is 7.91. The summed E-state index contributed by atoms with van der Waals surface area (Å²) in [6.07, 6.45) is -0.0513. The number of hydrogen-bond donors (Lipinski definition) is 1. The van der Waals surface area contributed by atoms with Crippen LogP contribution in [0.4, 0.5) is 4.79 Å². The fourth-order valence-corrected chi connectivity index (χ4v) is 5.69. The van der Waals surface area contributed by atoms with Crippen LogP contribution in [-0.2, 0) is 27.4 Å². The molecule has 0 saturated carbocycles. The quantitative estimate of drug-likeness (QED) is 0.270. The number of imidazole rings is 1. The number of carbonyl (C=O) groups excluding carboxylic acids is 2. The molecular formula is C33H38N4O5. The van der Waals surface area contributed by atoms with Crippen molar-refractivity contribution in [3.8, 4) is 0 Å². The van der Waals surface area contributed by atoms with E-state index < -0.39 is 24.0 Å². The first-order valence-electron chi connectivity index (χ1n) is 14.5. The van der Waals surface area contributed by atoms with Crippen LogP contribution in [0.3, 0.4) is 0 Å². The largest absolute Gasteiger partial charge is 0.466 e. The minimum atomic E-state index is -0.701. The van der Waals surface area contributed by atoms with Crippen LogP contribution in [0.5, 0.6) is 0 Å². The molecule has 9 heteroatoms. The number of ether oxygens (including phenoxy) is 2. The van der Waals surface area contributed by atoms with Crippen molar-refractivity contribution in [2.45, 2.75) is 45.4 Å². The number of amides is 1. The highest BCUT2D eigenvalue weighted by molar-refractivity contribution is 5.78. The van der Waals surface area contributed by atoms with E-state index in [2.05, 4.69) is 41.1 Å². The Morgan fingerprint density at radius 2 is 1.55 bits per heavy atom. The molecule has 220 valence electrons. The lowest BCUT2D eigenvalue weighted by molar-refractivity contribution is -0.151. The average molecular weight is 571 g/mol. The lowest BCUT2D eigenvalue weighted by Gasteiger charge is -2.37. The van der Waals surface area contributed by atoms with Gasteiger partial charge in [0.25, 0.3) is 0 Å². The number of rotatable bonds is 10. The van der Waals surface area contributed by atoms with Gasteiger partial charge in [-0.05, 0) is 43.5 Å². The van der Waals surface area contributed by atoms with Crippen molar-refractivity contribution in [2.75, 3.05) is 26.3 Å². The van der Waals surface area contributed by atoms with Gasteiger partial charge in [-0.1, -0.05) is 72.8 Å². The molecule has 3 atom stereocenters. The lowest BCUT2D eigenvalue weighted by atomic mass is 9.91. The van der Waals surface area contributed by atoms with Gasteiger partial charge in [0.2, 0.25) is 0 Å². The van der Waals surface area contributed by atoms with Crippen LogP contribution in [0.25, 0.3) is 11.0 Å². The summed E-state index contributed by atoms with van der Waals surface area (Å²) in [5.41, 5.74) is 3.51. The van der Waals surface area contributed by atoms with E-state index in [1.165, 1.54) is 11.1 Å². The third-order valence-electron chi connectivity index (χ3n) is 7.91. The molecule has 1 aliphatic rings. The summed E-state index contributed by atoms with van der Waals surface area (Å²) in [5, 5.41) is 0. The van der Waals surface area contributed by atoms with Gasteiger partial charge in [0.1, 0.15) is 6.61 Å². The summed E-state index contributed by atoms with van der Waals surface area (Å²) in [7, 11) is 0. The van der Waals surface area contributed by atoms with Crippen molar-refractivity contribution < 1.29 is 19.1 Å². The number of aromatic amines is 1. The Hall–Kier alpha value is -4.37. The topological polar surface area (TPSA) is 96.9 Å². The molecule has 0 radical (unpaired) electrons. The number of nitrogens with one attached hydrogen (secondary N) is 1. The molecule has 0 bridgehead atoms. The van der Waals surface area contributed by atoms with Crippen molar-refractivity contribution >= 4 is 23.1 Å². The maximum absolute atomic E-state index is 13.3. The highest BCUT2D eigenvalue weighted by Gasteiger charge is 2.40. The van der Waals surface area contributed by atoms with Gasteiger partial charge < -0.3 is 19.4 Å². The summed E-state index contributed by atoms with van der Waals surface area (Å²) in [4.78, 5) is 46.0. The van der Waals surface area contributed by atoms with Crippen molar-refractivity contribution in [3.05, 3.63) is 107 Å². The number of carbonyl (C=O) groups is 2. The highest BCUT2D eigenvalue weighted by Crippen LogP contribution is 2.31. The standard InChI is InChI=1S/C33H38N4O5/c1-3-41-31(38)27-22-35(19-18-29(27)37-30-17-11-10-16-28(30)34-32(37)39)33(40)42-23-24(2)36(20-25-12-6-4-7-13-25)21-26-14-8-5-9-15-26/h4-17,24,27,29H,3,18-23H2,1-2H3,(H,34,39). The number of hydrogen-bond acceptors (Lipinski definition) is 6. The van der Waals surface area contributed by atoms with E-state index in [0.29, 0.717) is 31.6 Å². The maximum Gasteiger partial charge on any atom is 0.409 e. The molecule has 1 aliphatic heterocycles. The Labute approximate surface area is 245 Å². The van der Waals surface area contributed by atoms with Gasteiger partial charge >= 0.3 is 17.8 Å². The number of para-hydroxylation sites is 2. The van der Waals surface area contributed by atoms with Crippen molar-refractivity contribution in [2.24, 2.45) is 5.92 Å². The van der Waals surface area contributed by atoms with Crippen LogP contribution in [0.2, 0.25) is 0 Å². The normalized spacial score (nSPS) is 17.7. The third kappa shape index (κ3) is 6.74. The molecule has 1 aromatic heterocycles. The zero-order chi connectivity index (χ0) is 29.5. The Balaban J connectivity index is 1.27. The van der Waals surface area contributed by atoms with Crippen molar-refractivity contribution in [1.82, 2.24) is 19.4 Å². The predicted octanol–water partition coefficient (Wildman–Crippen LogP) is 4.98. The fourth-order valence-electron chi connectivity index (χ4n) is 5.69. The SMILES string of the molecule is CCOC(=O)C1CN(C(=O)OCC(C)N(Cc2ccccc2)Cc2ccccc2)CCC1n1c(=O)[nH]c2ccccc21. The monoisotopic (exact) mass is 570 g/mol. The smallest absolute Gasteiger partial charge is 0.409 e. The molecule has 1 fully saturated rings. The molecule has 9 nitrogen and oxygen atoms in total. The highest BCUT2D eigenvalue weighted by atomic mass is 16.6. The molecule has 4 aromatic rings. The second kappa shape index (κ2) is 13.5. The van der Waals surface area contributed by atoms with E-state index in [1.807, 2.05) is 60.7 Å². The minimum Gasteiger partial charge on any atom is -0.466 e. The van der Waals surface area contributed by atoms with Gasteiger partial charge in [0.05, 0.1) is 29.6 Å². The number of piperidine rings is 1. The van der Waals surface area contributed by atoms with Crippen LogP contribution in [-0.4, -0.2) is 63.8 Å². The number of H-pyrrole nitrogens is 1. The summed E-state index contributed by atoms with van der Waals surface area (Å²) < 4.78 is 12.8. The molecule has 1 saturated heterocycles. The second-order valence-corrected chi connectivity index (χ2v) is 10.8. The molecule has 1 amide bonds. The van der Waals surface area contributed by atoms with Crippen LogP contribution in [0, 0.1) is 5.92 Å². The minimum absolute atomic E-state index is 0.0578. The summed E-state index contributed by atoms with van der Waals surface area (Å²) in [6, 6.07) is 27.4. The molecule has 3 aromatic carbocycles. The number of esters is 1. The first-order valence-corrected chi connectivity index (χ1v) is 14.5. The Kier molecular flexibility index (Phi) is 9.38. The predicted molar refractivity (Wildman–Crippen MR) is 161 cm³/mol. The Morgan fingerprint density at radius 3 is 2.19 bits per heavy atom. The van der Waals surface area contributed by atoms with Crippen LogP contribution >= 0.6 is 0 Å². The number of aromatic nitrogens is 2. The molecule has 0 spiro atoms. The van der Waals surface area contributed by atoms with Crippen molar-refractivity contribution in [1.29, 1.82) is 0 Å². The molecular weight excluding hydrogens is 532 g/mol. The van der Waals surface area contributed by atoms with Gasteiger partial charge in [-0.2, -0.15) is 0 Å².